The van der Waals surface area contributed by atoms with Gasteiger partial charge < -0.3 is 9.64 Å². The Morgan fingerprint density at radius 3 is 3.00 bits per heavy atom. The van der Waals surface area contributed by atoms with Crippen molar-refractivity contribution in [2.24, 2.45) is 0 Å². The Kier molecular flexibility index (Phi) is 4.10. The molecule has 0 saturated carbocycles. The third-order valence-corrected chi connectivity index (χ3v) is 5.78. The van der Waals surface area contributed by atoms with E-state index in [2.05, 4.69) is 4.98 Å². The molecule has 0 spiro atoms. The van der Waals surface area contributed by atoms with Crippen molar-refractivity contribution in [1.82, 2.24) is 9.88 Å². The zero-order chi connectivity index (χ0) is 15.0. The van der Waals surface area contributed by atoms with Gasteiger partial charge in [-0.15, -0.1) is 22.7 Å². The van der Waals surface area contributed by atoms with Crippen LogP contribution in [-0.4, -0.2) is 41.1 Å². The van der Waals surface area contributed by atoms with Gasteiger partial charge in [0.2, 0.25) is 0 Å². The van der Waals surface area contributed by atoms with E-state index >= 15 is 0 Å². The summed E-state index contributed by atoms with van der Waals surface area (Å²) in [6, 6.07) is 4.15. The summed E-state index contributed by atoms with van der Waals surface area (Å²) in [5.41, 5.74) is 0.819. The Bertz CT molecular complexity index is 636. The molecule has 1 fully saturated rings. The van der Waals surface area contributed by atoms with Crippen LogP contribution in [0.25, 0.3) is 9.88 Å². The quantitative estimate of drug-likeness (QED) is 0.851. The maximum atomic E-state index is 12.8. The average molecular weight is 322 g/mol. The fraction of sp³-hybridized carbons (Fsp3) is 0.467. The van der Waals surface area contributed by atoms with E-state index in [-0.39, 0.29) is 18.1 Å². The first-order chi connectivity index (χ1) is 10.1. The van der Waals surface area contributed by atoms with Crippen molar-refractivity contribution < 1.29 is 9.53 Å². The second kappa shape index (κ2) is 5.87. The molecule has 3 rings (SSSR count). The van der Waals surface area contributed by atoms with Crippen LogP contribution in [0.4, 0.5) is 0 Å². The molecule has 2 aromatic rings. The maximum Gasteiger partial charge on any atom is 0.266 e. The number of amides is 1. The molecule has 0 N–H and O–H groups in total. The molecular weight excluding hydrogens is 304 g/mol. The van der Waals surface area contributed by atoms with E-state index in [1.165, 1.54) is 11.3 Å². The van der Waals surface area contributed by atoms with Crippen molar-refractivity contribution >= 4 is 28.6 Å². The van der Waals surface area contributed by atoms with Crippen molar-refractivity contribution in [1.29, 1.82) is 0 Å². The van der Waals surface area contributed by atoms with Crippen LogP contribution in [0.1, 0.15) is 29.2 Å². The summed E-state index contributed by atoms with van der Waals surface area (Å²) < 4.78 is 5.60. The first-order valence-electron chi connectivity index (χ1n) is 7.00. The molecule has 4 nitrogen and oxygen atoms in total. The van der Waals surface area contributed by atoms with Crippen LogP contribution in [0.15, 0.2) is 17.5 Å². The molecule has 0 radical (unpaired) electrons. The number of carbonyl (C=O) groups excluding carboxylic acids is 1. The summed E-state index contributed by atoms with van der Waals surface area (Å²) in [5.74, 6) is 0.0791. The number of nitrogens with zero attached hydrogens (tertiary/aromatic N) is 2. The highest BCUT2D eigenvalue weighted by Crippen LogP contribution is 2.32. The van der Waals surface area contributed by atoms with Gasteiger partial charge in [0.05, 0.1) is 29.3 Å². The Morgan fingerprint density at radius 2 is 2.29 bits per heavy atom. The van der Waals surface area contributed by atoms with Crippen LogP contribution in [0.3, 0.4) is 0 Å². The summed E-state index contributed by atoms with van der Waals surface area (Å²) in [6.07, 6.45) is 0.0927. The van der Waals surface area contributed by atoms with Gasteiger partial charge in [-0.05, 0) is 32.2 Å². The third kappa shape index (κ3) is 2.88. The van der Waals surface area contributed by atoms with Crippen molar-refractivity contribution in [3.05, 3.63) is 28.1 Å². The molecule has 21 heavy (non-hydrogen) atoms. The predicted octanol–water partition coefficient (Wildman–Crippen LogP) is 3.43. The zero-order valence-corrected chi connectivity index (χ0v) is 14.0. The minimum absolute atomic E-state index is 0.0791. The minimum atomic E-state index is 0.0791. The fourth-order valence-corrected chi connectivity index (χ4v) is 4.24. The van der Waals surface area contributed by atoms with E-state index in [4.69, 9.17) is 4.74 Å². The number of aromatic nitrogens is 1. The van der Waals surface area contributed by atoms with E-state index in [0.29, 0.717) is 13.2 Å². The number of rotatable bonds is 2. The Balaban J connectivity index is 1.88. The van der Waals surface area contributed by atoms with Crippen LogP contribution in [0.5, 0.6) is 0 Å². The third-order valence-electron chi connectivity index (χ3n) is 3.59. The van der Waals surface area contributed by atoms with Crippen molar-refractivity contribution in [2.75, 3.05) is 13.2 Å². The molecule has 3 heterocycles. The Hall–Kier alpha value is -1.24. The first kappa shape index (κ1) is 14.7. The lowest BCUT2D eigenvalue weighted by molar-refractivity contribution is -0.0385. The van der Waals surface area contributed by atoms with Gasteiger partial charge in [-0.1, -0.05) is 6.07 Å². The second-order valence-corrected chi connectivity index (χ2v) is 7.31. The number of hydrogen-bond donors (Lipinski definition) is 0. The molecule has 1 amide bonds. The Morgan fingerprint density at radius 1 is 1.48 bits per heavy atom. The highest BCUT2D eigenvalue weighted by atomic mass is 32.1. The van der Waals surface area contributed by atoms with E-state index in [1.807, 2.05) is 43.2 Å². The SMILES string of the molecule is Cc1nc(-c2cccs2)sc1C(=O)N1CC(C)OCC1C. The van der Waals surface area contributed by atoms with Gasteiger partial charge in [-0.25, -0.2) is 4.98 Å². The maximum absolute atomic E-state index is 12.8. The lowest BCUT2D eigenvalue weighted by atomic mass is 10.2. The highest BCUT2D eigenvalue weighted by molar-refractivity contribution is 7.22. The molecule has 2 atom stereocenters. The summed E-state index contributed by atoms with van der Waals surface area (Å²) in [6.45, 7) is 7.19. The van der Waals surface area contributed by atoms with Crippen LogP contribution >= 0.6 is 22.7 Å². The molecule has 1 aliphatic rings. The van der Waals surface area contributed by atoms with Crippen LogP contribution in [0.2, 0.25) is 0 Å². The lowest BCUT2D eigenvalue weighted by Gasteiger charge is -2.36. The van der Waals surface area contributed by atoms with E-state index in [0.717, 1.165) is 20.5 Å². The highest BCUT2D eigenvalue weighted by Gasteiger charge is 2.30. The van der Waals surface area contributed by atoms with Gasteiger partial charge in [0, 0.05) is 6.54 Å². The second-order valence-electron chi connectivity index (χ2n) is 5.36. The first-order valence-corrected chi connectivity index (χ1v) is 8.69. The van der Waals surface area contributed by atoms with Gasteiger partial charge in [0.1, 0.15) is 9.88 Å². The van der Waals surface area contributed by atoms with Crippen LogP contribution < -0.4 is 0 Å². The normalized spacial score (nSPS) is 22.5. The van der Waals surface area contributed by atoms with Crippen molar-refractivity contribution in [3.63, 3.8) is 0 Å². The number of hydrogen-bond acceptors (Lipinski definition) is 5. The van der Waals surface area contributed by atoms with Crippen molar-refractivity contribution in [3.8, 4) is 9.88 Å². The lowest BCUT2D eigenvalue weighted by Crippen LogP contribution is -2.50. The molecule has 112 valence electrons. The molecule has 2 aromatic heterocycles. The summed E-state index contributed by atoms with van der Waals surface area (Å²) in [7, 11) is 0. The standard InChI is InChI=1S/C15H18N2O2S2/c1-9-8-19-10(2)7-17(9)15(18)13-11(3)16-14(21-13)12-5-4-6-20-12/h4-6,9-10H,7-8H2,1-3H3. The topological polar surface area (TPSA) is 42.4 Å². The number of thiazole rings is 1. The van der Waals surface area contributed by atoms with E-state index < -0.39 is 0 Å². The van der Waals surface area contributed by atoms with Gasteiger partial charge in [-0.3, -0.25) is 4.79 Å². The minimum Gasteiger partial charge on any atom is -0.375 e. The summed E-state index contributed by atoms with van der Waals surface area (Å²) in [5, 5.41) is 2.96. The number of morpholine rings is 1. The largest absolute Gasteiger partial charge is 0.375 e. The van der Waals surface area contributed by atoms with Gasteiger partial charge in [-0.2, -0.15) is 0 Å². The van der Waals surface area contributed by atoms with E-state index in [9.17, 15) is 4.79 Å². The van der Waals surface area contributed by atoms with Crippen LogP contribution in [0, 0.1) is 6.92 Å². The Labute approximate surface area is 132 Å². The molecule has 0 aliphatic carbocycles. The predicted molar refractivity (Wildman–Crippen MR) is 86.1 cm³/mol. The van der Waals surface area contributed by atoms with E-state index in [1.54, 1.807) is 11.3 Å². The fourth-order valence-electron chi connectivity index (χ4n) is 2.42. The molecule has 1 aliphatic heterocycles. The average Bonchev–Trinajstić information content (AvgIpc) is 3.09. The number of thiophene rings is 1. The molecule has 0 aromatic carbocycles. The summed E-state index contributed by atoms with van der Waals surface area (Å²) >= 11 is 3.14. The van der Waals surface area contributed by atoms with Gasteiger partial charge in [0.25, 0.3) is 5.91 Å². The molecular formula is C15H18N2O2S2. The summed E-state index contributed by atoms with van der Waals surface area (Å²) in [4.78, 5) is 21.1. The van der Waals surface area contributed by atoms with Gasteiger partial charge >= 0.3 is 0 Å². The number of aryl methyl sites for hydroxylation is 1. The monoisotopic (exact) mass is 322 g/mol. The van der Waals surface area contributed by atoms with Gasteiger partial charge in [0.15, 0.2) is 0 Å². The molecule has 0 bridgehead atoms. The molecule has 1 saturated heterocycles. The van der Waals surface area contributed by atoms with Crippen LogP contribution in [-0.2, 0) is 4.74 Å². The molecule has 6 heteroatoms. The smallest absolute Gasteiger partial charge is 0.266 e. The zero-order valence-electron chi connectivity index (χ0n) is 12.3. The number of carbonyl (C=O) groups is 1. The number of ether oxygens (including phenoxy) is 1. The molecule has 2 unspecified atom stereocenters. The van der Waals surface area contributed by atoms with Crippen molar-refractivity contribution in [2.45, 2.75) is 32.9 Å².